The largest absolute Gasteiger partial charge is 0.478 e. The molecule has 0 bridgehead atoms. The van der Waals surface area contributed by atoms with Crippen LogP contribution < -0.4 is 0 Å². The fraction of sp³-hybridized carbons (Fsp3) is 0.667. The van der Waals surface area contributed by atoms with Crippen molar-refractivity contribution in [2.24, 2.45) is 5.92 Å². The van der Waals surface area contributed by atoms with Crippen LogP contribution in [-0.4, -0.2) is 16.5 Å². The molecule has 12 heavy (non-hydrogen) atoms. The first-order valence-electron chi connectivity index (χ1n) is 4.23. The maximum Gasteiger partial charge on any atom is 0.327 e. The topological polar surface area (TPSA) is 37.3 Å². The smallest absolute Gasteiger partial charge is 0.327 e. The molecule has 1 aliphatic carbocycles. The molecule has 1 N–H and O–H groups in total. The molecule has 0 aliphatic heterocycles. The minimum Gasteiger partial charge on any atom is -0.478 e. The van der Waals surface area contributed by atoms with Crippen molar-refractivity contribution in [3.05, 3.63) is 12.2 Å². The average Bonchev–Trinajstić information content (AvgIpc) is 2.03. The summed E-state index contributed by atoms with van der Waals surface area (Å²) in [5.74, 6) is -0.431. The van der Waals surface area contributed by atoms with E-state index in [1.165, 1.54) is 6.08 Å². The second-order valence-electron chi connectivity index (χ2n) is 3.21. The second kappa shape index (κ2) is 4.51. The van der Waals surface area contributed by atoms with E-state index in [0.29, 0.717) is 11.3 Å². The molecule has 0 radical (unpaired) electrons. The Morgan fingerprint density at radius 3 is 2.42 bits per heavy atom. The van der Waals surface area contributed by atoms with Crippen molar-refractivity contribution in [3.63, 3.8) is 0 Å². The summed E-state index contributed by atoms with van der Waals surface area (Å²) >= 11 is 5.90. The molecule has 0 heterocycles. The second-order valence-corrected chi connectivity index (χ2v) is 3.83. The molecule has 0 spiro atoms. The van der Waals surface area contributed by atoms with Gasteiger partial charge in [0.15, 0.2) is 0 Å². The van der Waals surface area contributed by atoms with E-state index in [1.54, 1.807) is 6.08 Å². The average molecular weight is 189 g/mol. The van der Waals surface area contributed by atoms with Crippen molar-refractivity contribution in [2.45, 2.75) is 31.1 Å². The summed E-state index contributed by atoms with van der Waals surface area (Å²) in [6.45, 7) is 0. The third-order valence-corrected chi connectivity index (χ3v) is 2.65. The Kier molecular flexibility index (Phi) is 3.60. The minimum absolute atomic E-state index is 0.305. The molecule has 2 nitrogen and oxygen atoms in total. The highest BCUT2D eigenvalue weighted by molar-refractivity contribution is 6.20. The number of aliphatic carboxylic acids is 1. The summed E-state index contributed by atoms with van der Waals surface area (Å²) in [6.07, 6.45) is 7.09. The van der Waals surface area contributed by atoms with Gasteiger partial charge in [0.05, 0.1) is 0 Å². The normalized spacial score (nSPS) is 30.8. The molecule has 1 aliphatic rings. The number of halogens is 1. The van der Waals surface area contributed by atoms with Gasteiger partial charge in [0.1, 0.15) is 0 Å². The maximum atomic E-state index is 10.2. The zero-order valence-corrected chi connectivity index (χ0v) is 7.63. The number of hydrogen-bond donors (Lipinski definition) is 1. The quantitative estimate of drug-likeness (QED) is 0.534. The van der Waals surface area contributed by atoms with Gasteiger partial charge in [-0.1, -0.05) is 6.08 Å². The number of rotatable bonds is 2. The van der Waals surface area contributed by atoms with Gasteiger partial charge in [0.2, 0.25) is 0 Å². The summed E-state index contributed by atoms with van der Waals surface area (Å²) in [7, 11) is 0. The summed E-state index contributed by atoms with van der Waals surface area (Å²) in [6, 6.07) is 0. The lowest BCUT2D eigenvalue weighted by Crippen LogP contribution is -2.12. The van der Waals surface area contributed by atoms with Gasteiger partial charge in [-0.15, -0.1) is 11.6 Å². The Labute approximate surface area is 77.2 Å². The van der Waals surface area contributed by atoms with Crippen molar-refractivity contribution in [2.75, 3.05) is 0 Å². The lowest BCUT2D eigenvalue weighted by atomic mass is 9.89. The van der Waals surface area contributed by atoms with Crippen molar-refractivity contribution >= 4 is 17.6 Å². The lowest BCUT2D eigenvalue weighted by Gasteiger charge is -2.21. The lowest BCUT2D eigenvalue weighted by molar-refractivity contribution is -0.131. The number of hydrogen-bond acceptors (Lipinski definition) is 1. The predicted molar refractivity (Wildman–Crippen MR) is 48.4 cm³/mol. The summed E-state index contributed by atoms with van der Waals surface area (Å²) < 4.78 is 0. The van der Waals surface area contributed by atoms with E-state index in [0.717, 1.165) is 25.7 Å². The van der Waals surface area contributed by atoms with Crippen LogP contribution in [0.25, 0.3) is 0 Å². The SMILES string of the molecule is O=C(O)/C=C/C1CCC(Cl)CC1. The van der Waals surface area contributed by atoms with E-state index in [4.69, 9.17) is 16.7 Å². The Morgan fingerprint density at radius 1 is 1.33 bits per heavy atom. The molecule has 0 saturated heterocycles. The van der Waals surface area contributed by atoms with Crippen molar-refractivity contribution < 1.29 is 9.90 Å². The van der Waals surface area contributed by atoms with Crippen molar-refractivity contribution in [1.82, 2.24) is 0 Å². The standard InChI is InChI=1S/C9H13ClO2/c10-8-4-1-7(2-5-8)3-6-9(11)12/h3,6-8H,1-2,4-5H2,(H,11,12)/b6-3+. The molecule has 1 fully saturated rings. The molecule has 3 heteroatoms. The molecular weight excluding hydrogens is 176 g/mol. The van der Waals surface area contributed by atoms with Crippen LogP contribution in [0.15, 0.2) is 12.2 Å². The van der Waals surface area contributed by atoms with Crippen LogP contribution in [0.4, 0.5) is 0 Å². The highest BCUT2D eigenvalue weighted by Gasteiger charge is 2.17. The Balaban J connectivity index is 2.30. The fourth-order valence-corrected chi connectivity index (χ4v) is 1.74. The third-order valence-electron chi connectivity index (χ3n) is 2.21. The monoisotopic (exact) mass is 188 g/mol. The molecule has 0 atom stereocenters. The van der Waals surface area contributed by atoms with Crippen molar-refractivity contribution in [3.8, 4) is 0 Å². The molecule has 0 unspecified atom stereocenters. The number of carbonyl (C=O) groups is 1. The van der Waals surface area contributed by atoms with Gasteiger partial charge in [-0.3, -0.25) is 0 Å². The van der Waals surface area contributed by atoms with Gasteiger partial charge >= 0.3 is 5.97 Å². The summed E-state index contributed by atoms with van der Waals surface area (Å²) in [4.78, 5) is 10.2. The Hall–Kier alpha value is -0.500. The molecule has 68 valence electrons. The van der Waals surface area contributed by atoms with Crippen molar-refractivity contribution in [1.29, 1.82) is 0 Å². The van der Waals surface area contributed by atoms with Gasteiger partial charge in [-0.05, 0) is 31.6 Å². The third kappa shape index (κ3) is 3.26. The van der Waals surface area contributed by atoms with Gasteiger partial charge < -0.3 is 5.11 Å². The van der Waals surface area contributed by atoms with E-state index in [-0.39, 0.29) is 0 Å². The molecule has 0 aromatic rings. The van der Waals surface area contributed by atoms with E-state index in [1.807, 2.05) is 0 Å². The molecular formula is C9H13ClO2. The molecule has 1 rings (SSSR count). The van der Waals surface area contributed by atoms with E-state index in [9.17, 15) is 4.79 Å². The number of carboxylic acid groups (broad SMARTS) is 1. The summed E-state index contributed by atoms with van der Waals surface area (Å²) in [5, 5.41) is 8.69. The molecule has 1 saturated carbocycles. The van der Waals surface area contributed by atoms with Crippen LogP contribution in [0, 0.1) is 5.92 Å². The number of alkyl halides is 1. The molecule has 0 amide bonds. The predicted octanol–water partition coefficient (Wildman–Crippen LogP) is 2.42. The van der Waals surface area contributed by atoms with Gasteiger partial charge in [0, 0.05) is 11.5 Å². The summed E-state index contributed by atoms with van der Waals surface area (Å²) in [5.41, 5.74) is 0. The van der Waals surface area contributed by atoms with Crippen LogP contribution in [-0.2, 0) is 4.79 Å². The first-order chi connectivity index (χ1) is 5.68. The first kappa shape index (κ1) is 9.59. The maximum absolute atomic E-state index is 10.2. The number of carboxylic acids is 1. The zero-order valence-electron chi connectivity index (χ0n) is 6.87. The van der Waals surface area contributed by atoms with Crippen LogP contribution in [0.3, 0.4) is 0 Å². The minimum atomic E-state index is -0.858. The van der Waals surface area contributed by atoms with Crippen LogP contribution >= 0.6 is 11.6 Å². The van der Waals surface area contributed by atoms with Crippen LogP contribution in [0.2, 0.25) is 0 Å². The number of allylic oxidation sites excluding steroid dienone is 1. The highest BCUT2D eigenvalue weighted by atomic mass is 35.5. The Bertz CT molecular complexity index is 181. The van der Waals surface area contributed by atoms with E-state index in [2.05, 4.69) is 0 Å². The Morgan fingerprint density at radius 2 is 1.92 bits per heavy atom. The van der Waals surface area contributed by atoms with Crippen LogP contribution in [0.5, 0.6) is 0 Å². The van der Waals surface area contributed by atoms with Gasteiger partial charge in [-0.2, -0.15) is 0 Å². The van der Waals surface area contributed by atoms with Gasteiger partial charge in [0.25, 0.3) is 0 Å². The fourth-order valence-electron chi connectivity index (χ4n) is 1.49. The first-order valence-corrected chi connectivity index (χ1v) is 4.67. The van der Waals surface area contributed by atoms with E-state index >= 15 is 0 Å². The van der Waals surface area contributed by atoms with Gasteiger partial charge in [-0.25, -0.2) is 4.79 Å². The van der Waals surface area contributed by atoms with E-state index < -0.39 is 5.97 Å². The van der Waals surface area contributed by atoms with Crippen LogP contribution in [0.1, 0.15) is 25.7 Å². The highest BCUT2D eigenvalue weighted by Crippen LogP contribution is 2.28. The molecule has 0 aromatic carbocycles. The zero-order chi connectivity index (χ0) is 8.97. The molecule has 0 aromatic heterocycles.